The van der Waals surface area contributed by atoms with Gasteiger partial charge >= 0.3 is 0 Å². The van der Waals surface area contributed by atoms with Gasteiger partial charge < -0.3 is 18.4 Å². The lowest BCUT2D eigenvalue weighted by Gasteiger charge is -2.49. The van der Waals surface area contributed by atoms with E-state index in [1.165, 1.54) is 81.8 Å². The van der Waals surface area contributed by atoms with Crippen LogP contribution in [0, 0.1) is 34.5 Å². The van der Waals surface area contributed by atoms with E-state index in [1.54, 1.807) is 0 Å². The number of alkyl halides is 2. The Labute approximate surface area is 393 Å². The van der Waals surface area contributed by atoms with Gasteiger partial charge in [0, 0.05) is 12.2 Å². The minimum atomic E-state index is -1.73. The molecule has 4 aliphatic rings. The second kappa shape index (κ2) is 22.1. The van der Waals surface area contributed by atoms with Gasteiger partial charge in [0.25, 0.3) is 0 Å². The molecule has 360 valence electrons. The van der Waals surface area contributed by atoms with Crippen LogP contribution in [0.1, 0.15) is 186 Å². The second-order valence-corrected chi connectivity index (χ2v) is 40.8. The highest BCUT2D eigenvalue weighted by molar-refractivity contribution is 6.74. The largest absolute Gasteiger partial charge is 0.414 e. The van der Waals surface area contributed by atoms with Gasteiger partial charge in [-0.05, 0) is 208 Å². The average Bonchev–Trinajstić information content (AvgIpc) is 3.60. The smallest absolute Gasteiger partial charge is 0.192 e. The minimum absolute atomic E-state index is 0.0141. The maximum Gasteiger partial charge on any atom is 0.192 e. The SMILES string of the molecule is C=C(CCCC(C)(C)O)C1CCC2[C@@H](O[Si](C)(C)C(C)(C)C)CCC[C@]12C.C=C(CCCC(C)(C)O[Si](C)(C)C)C1CCC2[C@@H](O[Si](C)(C)C(C)(C)C)CCC[C@]12C.ClCCl. The third-order valence-electron chi connectivity index (χ3n) is 16.8. The van der Waals surface area contributed by atoms with Crippen LogP contribution in [-0.2, 0) is 13.3 Å². The zero-order valence-corrected chi connectivity index (χ0v) is 48.3. The second-order valence-electron chi connectivity index (χ2n) is 26.0. The number of hydrogen-bond acceptors (Lipinski definition) is 4. The topological polar surface area (TPSA) is 47.9 Å². The quantitative estimate of drug-likeness (QED) is 0.0951. The summed E-state index contributed by atoms with van der Waals surface area (Å²) in [6.45, 7) is 53.3. The molecule has 0 aromatic carbocycles. The molecule has 0 amide bonds. The zero-order valence-electron chi connectivity index (χ0n) is 43.8. The Morgan fingerprint density at radius 1 is 0.607 bits per heavy atom. The first-order valence-corrected chi connectivity index (χ1v) is 35.0. The molecule has 0 bridgehead atoms. The Kier molecular flexibility index (Phi) is 20.9. The van der Waals surface area contributed by atoms with Gasteiger partial charge in [0.15, 0.2) is 25.0 Å². The van der Waals surface area contributed by atoms with Crippen molar-refractivity contribution in [3.05, 3.63) is 24.3 Å². The predicted octanol–water partition coefficient (Wildman–Crippen LogP) is 17.5. The Morgan fingerprint density at radius 3 is 1.26 bits per heavy atom. The molecule has 4 saturated carbocycles. The highest BCUT2D eigenvalue weighted by atomic mass is 35.5. The minimum Gasteiger partial charge on any atom is -0.414 e. The Hall–Kier alpha value is 0.551. The van der Waals surface area contributed by atoms with Gasteiger partial charge in [0.1, 0.15) is 0 Å². The standard InChI is InChI=1S/C27H54O2Si2.C24H46O2Si.CH2Cl2/c1-21(15-13-19-26(5,6)29-30(8,9)10)22-17-18-23-24(16-14-20-27(22,23)7)28-31(11,12)25(2,3)4;1-18(12-10-16-23(5,6)25)19-14-15-20-21(13-11-17-24(19,20)7)26-27(8,9)22(2,3)4;2-1-3/h22-24H,1,13-20H2,2-12H3;19-21,25H,1,10-17H2,2-9H3;1H2/t22?,23?,24-,27+;19?,20?,21-,24+;/m00./s1. The van der Waals surface area contributed by atoms with Gasteiger partial charge in [-0.15, -0.1) is 23.2 Å². The van der Waals surface area contributed by atoms with Crippen molar-refractivity contribution in [2.24, 2.45) is 34.5 Å². The van der Waals surface area contributed by atoms with E-state index in [0.29, 0.717) is 46.7 Å². The molecular formula is C52H102Cl2O4Si3. The van der Waals surface area contributed by atoms with Crippen LogP contribution < -0.4 is 0 Å². The summed E-state index contributed by atoms with van der Waals surface area (Å²) in [6, 6.07) is 0. The van der Waals surface area contributed by atoms with Crippen molar-refractivity contribution in [1.82, 2.24) is 0 Å². The van der Waals surface area contributed by atoms with Crippen LogP contribution in [0.2, 0.25) is 55.9 Å². The Balaban J connectivity index is 0.000000398. The van der Waals surface area contributed by atoms with Crippen LogP contribution in [0.5, 0.6) is 0 Å². The van der Waals surface area contributed by atoms with Crippen molar-refractivity contribution < 1.29 is 18.4 Å². The molecule has 0 radical (unpaired) electrons. The summed E-state index contributed by atoms with van der Waals surface area (Å²) in [5, 5.41) is 10.8. The fourth-order valence-electron chi connectivity index (χ4n) is 11.7. The summed E-state index contributed by atoms with van der Waals surface area (Å²) in [6.07, 6.45) is 20.3. The molecule has 0 aromatic rings. The third kappa shape index (κ3) is 16.4. The molecule has 0 aromatic heterocycles. The summed E-state index contributed by atoms with van der Waals surface area (Å²) in [5.41, 5.74) is 3.10. The van der Waals surface area contributed by atoms with E-state index in [2.05, 4.69) is 128 Å². The van der Waals surface area contributed by atoms with Gasteiger partial charge in [-0.3, -0.25) is 0 Å². The van der Waals surface area contributed by atoms with Crippen LogP contribution in [0.3, 0.4) is 0 Å². The first kappa shape index (κ1) is 57.7. The lowest BCUT2D eigenvalue weighted by atomic mass is 9.62. The highest BCUT2D eigenvalue weighted by Gasteiger charge is 2.55. The van der Waals surface area contributed by atoms with E-state index in [4.69, 9.17) is 36.5 Å². The number of halogens is 2. The molecule has 4 rings (SSSR count). The number of fused-ring (bicyclic) bond motifs is 2. The van der Waals surface area contributed by atoms with Gasteiger partial charge in [-0.1, -0.05) is 92.5 Å². The van der Waals surface area contributed by atoms with Crippen molar-refractivity contribution in [3.8, 4) is 0 Å². The van der Waals surface area contributed by atoms with Crippen LogP contribution in [-0.4, -0.2) is 58.8 Å². The summed E-state index contributed by atoms with van der Waals surface area (Å²) < 4.78 is 20.4. The maximum atomic E-state index is 10.0. The molecule has 4 aliphatic carbocycles. The monoisotopic (exact) mass is 945 g/mol. The molecule has 4 fully saturated rings. The summed E-state index contributed by atoms with van der Waals surface area (Å²) in [7, 11) is -4.96. The normalized spacial score (nSPS) is 30.1. The maximum absolute atomic E-state index is 10.0. The van der Waals surface area contributed by atoms with Crippen LogP contribution in [0.25, 0.3) is 0 Å². The average molecular weight is 947 g/mol. The van der Waals surface area contributed by atoms with Gasteiger partial charge in [-0.2, -0.15) is 0 Å². The first-order valence-electron chi connectivity index (χ1n) is 24.7. The number of rotatable bonds is 16. The molecule has 61 heavy (non-hydrogen) atoms. The van der Waals surface area contributed by atoms with Crippen molar-refractivity contribution in [3.63, 3.8) is 0 Å². The van der Waals surface area contributed by atoms with Crippen LogP contribution in [0.4, 0.5) is 0 Å². The number of hydrogen-bond donors (Lipinski definition) is 1. The fraction of sp³-hybridized carbons (Fsp3) is 0.923. The van der Waals surface area contributed by atoms with Crippen molar-refractivity contribution in [2.45, 2.75) is 265 Å². The van der Waals surface area contributed by atoms with E-state index in [9.17, 15) is 5.11 Å². The van der Waals surface area contributed by atoms with Crippen molar-refractivity contribution >= 4 is 48.2 Å². The molecule has 4 nitrogen and oxygen atoms in total. The summed E-state index contributed by atoms with van der Waals surface area (Å²) >= 11 is 9.53. The van der Waals surface area contributed by atoms with Gasteiger partial charge in [0.2, 0.25) is 0 Å². The van der Waals surface area contributed by atoms with E-state index in [0.717, 1.165) is 32.1 Å². The Morgan fingerprint density at radius 2 is 0.951 bits per heavy atom. The Bertz CT molecular complexity index is 1390. The molecule has 1 N–H and O–H groups in total. The molecule has 0 saturated heterocycles. The summed E-state index contributed by atoms with van der Waals surface area (Å²) in [5.74, 6) is 2.71. The van der Waals surface area contributed by atoms with E-state index in [-0.39, 0.29) is 21.0 Å². The molecule has 0 spiro atoms. The molecular weight excluding hydrogens is 844 g/mol. The lowest BCUT2D eigenvalue weighted by molar-refractivity contribution is -0.00421. The predicted molar refractivity (Wildman–Crippen MR) is 278 cm³/mol. The summed E-state index contributed by atoms with van der Waals surface area (Å²) in [4.78, 5) is 0. The lowest BCUT2D eigenvalue weighted by Crippen LogP contribution is -2.49. The van der Waals surface area contributed by atoms with Gasteiger partial charge in [-0.25, -0.2) is 0 Å². The molecule has 9 heteroatoms. The molecule has 8 atom stereocenters. The molecule has 4 unspecified atom stereocenters. The highest BCUT2D eigenvalue weighted by Crippen LogP contribution is 2.61. The van der Waals surface area contributed by atoms with E-state index in [1.807, 2.05) is 13.8 Å². The van der Waals surface area contributed by atoms with E-state index < -0.39 is 30.6 Å². The van der Waals surface area contributed by atoms with Crippen LogP contribution >= 0.6 is 23.2 Å². The number of aliphatic hydroxyl groups is 1. The van der Waals surface area contributed by atoms with Crippen LogP contribution in [0.15, 0.2) is 24.3 Å². The molecule has 0 heterocycles. The number of allylic oxidation sites excluding steroid dienone is 2. The zero-order chi connectivity index (χ0) is 47.3. The fourth-order valence-corrected chi connectivity index (χ4v) is 16.2. The molecule has 0 aliphatic heterocycles. The first-order chi connectivity index (χ1) is 27.5. The van der Waals surface area contributed by atoms with Crippen molar-refractivity contribution in [1.29, 1.82) is 0 Å². The van der Waals surface area contributed by atoms with E-state index >= 15 is 0 Å². The third-order valence-corrected chi connectivity index (χ3v) is 26.9. The van der Waals surface area contributed by atoms with Crippen molar-refractivity contribution in [2.75, 3.05) is 5.34 Å². The van der Waals surface area contributed by atoms with Gasteiger partial charge in [0.05, 0.1) is 16.5 Å².